The maximum absolute atomic E-state index is 13.2. The van der Waals surface area contributed by atoms with E-state index >= 15 is 0 Å². The van der Waals surface area contributed by atoms with Crippen LogP contribution in [0.3, 0.4) is 0 Å². The lowest BCUT2D eigenvalue weighted by atomic mass is 10.1. The fourth-order valence-electron chi connectivity index (χ4n) is 4.65. The van der Waals surface area contributed by atoms with Gasteiger partial charge in [0.2, 0.25) is 17.7 Å². The summed E-state index contributed by atoms with van der Waals surface area (Å²) in [7, 11) is 0. The number of anilines is 1. The summed E-state index contributed by atoms with van der Waals surface area (Å²) in [6, 6.07) is 4.20. The van der Waals surface area contributed by atoms with Gasteiger partial charge in [-0.3, -0.25) is 18.6 Å². The van der Waals surface area contributed by atoms with Crippen LogP contribution in [-0.4, -0.2) is 55.7 Å². The van der Waals surface area contributed by atoms with E-state index in [-0.39, 0.29) is 6.42 Å². The Balaban J connectivity index is 1.76. The first-order valence-electron chi connectivity index (χ1n) is 12.3. The Morgan fingerprint density at radius 3 is 2.58 bits per heavy atom. The summed E-state index contributed by atoms with van der Waals surface area (Å²) in [6.45, 7) is 2.79. The Kier molecular flexibility index (Phi) is 8.00. The van der Waals surface area contributed by atoms with Gasteiger partial charge >= 0.3 is 12.1 Å². The van der Waals surface area contributed by atoms with Crippen LogP contribution in [0.1, 0.15) is 39.0 Å². The van der Waals surface area contributed by atoms with Crippen LogP contribution in [0.25, 0.3) is 17.0 Å². The first-order chi connectivity index (χ1) is 18.0. The highest BCUT2D eigenvalue weighted by Gasteiger charge is 2.48. The Labute approximate surface area is 220 Å². The first kappa shape index (κ1) is 27.5. The molecule has 0 spiro atoms. The number of benzene rings is 1. The number of carbonyl (C=O) groups excluding carboxylic acids is 1. The van der Waals surface area contributed by atoms with Crippen molar-refractivity contribution in [1.82, 2.24) is 19.3 Å². The molecule has 1 aliphatic rings. The molecule has 38 heavy (non-hydrogen) atoms. The number of aromatic nitrogens is 3. The van der Waals surface area contributed by atoms with Crippen molar-refractivity contribution in [3.8, 4) is 11.3 Å². The average Bonchev–Trinajstić information content (AvgIpc) is 3.51. The number of carbonyl (C=O) groups is 2. The van der Waals surface area contributed by atoms with Crippen LogP contribution in [0.5, 0.6) is 0 Å². The van der Waals surface area contributed by atoms with Crippen LogP contribution in [0.15, 0.2) is 41.3 Å². The number of carboxylic acid groups (broad SMARTS) is 1. The van der Waals surface area contributed by atoms with Gasteiger partial charge in [-0.1, -0.05) is 43.5 Å². The summed E-state index contributed by atoms with van der Waals surface area (Å²) in [5, 5.41) is 11.2. The molecule has 204 valence electrons. The van der Waals surface area contributed by atoms with Gasteiger partial charge in [-0.25, -0.2) is 9.78 Å². The second-order valence-corrected chi connectivity index (χ2v) is 9.61. The maximum Gasteiger partial charge on any atom is 0.419 e. The number of nitrogens with one attached hydrogen (secondary N) is 1. The zero-order valence-corrected chi connectivity index (χ0v) is 21.3. The van der Waals surface area contributed by atoms with Gasteiger partial charge in [0.15, 0.2) is 0 Å². The molecule has 1 amide bonds. The molecule has 0 radical (unpaired) electrons. The molecule has 3 heterocycles. The number of hydrogen-bond donors (Lipinski definition) is 2. The second-order valence-electron chi connectivity index (χ2n) is 9.18. The van der Waals surface area contributed by atoms with E-state index in [1.165, 1.54) is 10.5 Å². The van der Waals surface area contributed by atoms with Crippen LogP contribution in [0.4, 0.5) is 19.0 Å². The summed E-state index contributed by atoms with van der Waals surface area (Å²) in [5.74, 6) is -2.58. The number of imidazole rings is 1. The highest BCUT2D eigenvalue weighted by molar-refractivity contribution is 6.30. The second kappa shape index (κ2) is 11.1. The van der Waals surface area contributed by atoms with Crippen LogP contribution in [0, 0.1) is 0 Å². The lowest BCUT2D eigenvalue weighted by molar-refractivity contribution is -0.182. The molecule has 13 heteroatoms. The van der Waals surface area contributed by atoms with Crippen molar-refractivity contribution in [2.45, 2.75) is 63.8 Å². The Bertz CT molecular complexity index is 1390. The first-order valence-corrected chi connectivity index (χ1v) is 12.6. The van der Waals surface area contributed by atoms with E-state index in [1.54, 1.807) is 45.2 Å². The topological polar surface area (TPSA) is 109 Å². The van der Waals surface area contributed by atoms with E-state index < -0.39 is 35.7 Å². The molecule has 0 bridgehead atoms. The van der Waals surface area contributed by atoms with E-state index in [0.29, 0.717) is 41.8 Å². The molecule has 2 aromatic heterocycles. The van der Waals surface area contributed by atoms with Crippen molar-refractivity contribution in [3.05, 3.63) is 51.9 Å². The lowest BCUT2D eigenvalue weighted by Gasteiger charge is -2.30. The Hall–Kier alpha value is -3.54. The molecule has 1 fully saturated rings. The van der Waals surface area contributed by atoms with E-state index in [1.807, 2.05) is 6.92 Å². The third kappa shape index (κ3) is 5.64. The van der Waals surface area contributed by atoms with Crippen molar-refractivity contribution in [1.29, 1.82) is 0 Å². The molecule has 3 aromatic rings. The van der Waals surface area contributed by atoms with Gasteiger partial charge in [-0.15, -0.1) is 0 Å². The molecule has 0 aliphatic carbocycles. The minimum absolute atomic E-state index is 0.203. The number of carboxylic acids is 1. The highest BCUT2D eigenvalue weighted by atomic mass is 35.5. The van der Waals surface area contributed by atoms with E-state index in [4.69, 9.17) is 16.7 Å². The number of aryl methyl sites for hydroxylation is 1. The number of halogens is 4. The standard InChI is InChI=1S/C25H27ClF3N5O4/c1-2-3-4-11-33-19(32-12-5-6-18(32)22(36)31-21(23(37)38)25(27,28)29)13-20(35)34-14-17(30-24(33)34)15-7-9-16(26)10-8-15/h7-10,13-14,18,21H,2-6,11-12H2,1H3,(H,31,36)(H,37,38)/t18-,21?/m0/s1. The molecule has 1 aliphatic heterocycles. The van der Waals surface area contributed by atoms with Gasteiger partial charge in [0.1, 0.15) is 11.9 Å². The zero-order chi connectivity index (χ0) is 27.6. The summed E-state index contributed by atoms with van der Waals surface area (Å²) in [4.78, 5) is 43.5. The molecule has 2 atom stereocenters. The summed E-state index contributed by atoms with van der Waals surface area (Å²) >= 11 is 5.99. The van der Waals surface area contributed by atoms with Gasteiger partial charge in [0.05, 0.1) is 5.69 Å². The predicted molar refractivity (Wildman–Crippen MR) is 135 cm³/mol. The third-order valence-corrected chi connectivity index (χ3v) is 6.78. The van der Waals surface area contributed by atoms with Crippen molar-refractivity contribution in [3.63, 3.8) is 0 Å². The van der Waals surface area contributed by atoms with Crippen molar-refractivity contribution >= 4 is 35.1 Å². The Morgan fingerprint density at radius 1 is 1.24 bits per heavy atom. The lowest BCUT2D eigenvalue weighted by Crippen LogP contribution is -2.55. The molecule has 2 N–H and O–H groups in total. The summed E-state index contributed by atoms with van der Waals surface area (Å²) < 4.78 is 42.8. The van der Waals surface area contributed by atoms with Gasteiger partial charge in [-0.2, -0.15) is 13.2 Å². The third-order valence-electron chi connectivity index (χ3n) is 6.53. The average molecular weight is 554 g/mol. The minimum Gasteiger partial charge on any atom is -0.479 e. The number of unbranched alkanes of at least 4 members (excludes halogenated alkanes) is 2. The van der Waals surface area contributed by atoms with Crippen LogP contribution >= 0.6 is 11.6 Å². The monoisotopic (exact) mass is 553 g/mol. The van der Waals surface area contributed by atoms with E-state index in [2.05, 4.69) is 4.98 Å². The molecule has 0 saturated carbocycles. The quantitative estimate of drug-likeness (QED) is 0.386. The molecular weight excluding hydrogens is 527 g/mol. The fraction of sp³-hybridized carbons (Fsp3) is 0.440. The number of amides is 1. The van der Waals surface area contributed by atoms with E-state index in [0.717, 1.165) is 24.8 Å². The van der Waals surface area contributed by atoms with Crippen molar-refractivity contribution in [2.75, 3.05) is 11.4 Å². The molecular formula is C25H27ClF3N5O4. The molecule has 4 rings (SSSR count). The zero-order valence-electron chi connectivity index (χ0n) is 20.5. The normalized spacial score (nSPS) is 16.7. The van der Waals surface area contributed by atoms with Gasteiger partial charge in [0.25, 0.3) is 5.56 Å². The number of alkyl halides is 3. The van der Waals surface area contributed by atoms with E-state index in [9.17, 15) is 27.6 Å². The molecule has 1 aromatic carbocycles. The van der Waals surface area contributed by atoms with Crippen LogP contribution in [0.2, 0.25) is 5.02 Å². The minimum atomic E-state index is -5.15. The smallest absolute Gasteiger partial charge is 0.419 e. The van der Waals surface area contributed by atoms with Crippen molar-refractivity contribution in [2.24, 2.45) is 0 Å². The number of hydrogen-bond acceptors (Lipinski definition) is 5. The number of nitrogens with zero attached hydrogens (tertiary/aromatic N) is 4. The van der Waals surface area contributed by atoms with Crippen LogP contribution < -0.4 is 15.8 Å². The highest BCUT2D eigenvalue weighted by Crippen LogP contribution is 2.29. The SMILES string of the molecule is CCCCCn1c(N2CCC[C@H]2C(=O)NC(C(=O)O)C(F)(F)F)cc(=O)n2cc(-c3ccc(Cl)cc3)nc12. The Morgan fingerprint density at radius 2 is 1.95 bits per heavy atom. The molecule has 9 nitrogen and oxygen atoms in total. The fourth-order valence-corrected chi connectivity index (χ4v) is 4.78. The van der Waals surface area contributed by atoms with Gasteiger partial charge in [-0.05, 0) is 31.4 Å². The summed E-state index contributed by atoms with van der Waals surface area (Å²) in [6.07, 6.45) is -0.312. The van der Waals surface area contributed by atoms with Gasteiger partial charge in [0, 0.05) is 35.9 Å². The molecule has 1 saturated heterocycles. The number of aliphatic carboxylic acids is 1. The largest absolute Gasteiger partial charge is 0.479 e. The summed E-state index contributed by atoms with van der Waals surface area (Å²) in [5.41, 5.74) is 0.856. The predicted octanol–water partition coefficient (Wildman–Crippen LogP) is 4.11. The number of fused-ring (bicyclic) bond motifs is 1. The van der Waals surface area contributed by atoms with Crippen molar-refractivity contribution < 1.29 is 27.9 Å². The maximum atomic E-state index is 13.2. The number of rotatable bonds is 9. The molecule has 1 unspecified atom stereocenters. The van der Waals surface area contributed by atoms with Crippen LogP contribution in [-0.2, 0) is 16.1 Å². The van der Waals surface area contributed by atoms with Gasteiger partial charge < -0.3 is 15.3 Å².